The van der Waals surface area contributed by atoms with Crippen molar-refractivity contribution in [3.63, 3.8) is 0 Å². The largest absolute Gasteiger partial charge is 0.382 e. The highest BCUT2D eigenvalue weighted by Gasteiger charge is 2.18. The zero-order valence-corrected chi connectivity index (χ0v) is 10.6. The molecule has 2 nitrogen and oxygen atoms in total. The number of hydrogen-bond acceptors (Lipinski definition) is 3. The second-order valence-electron chi connectivity index (χ2n) is 4.50. The second-order valence-corrected chi connectivity index (χ2v) is 5.38. The van der Waals surface area contributed by atoms with Crippen molar-refractivity contribution in [2.75, 3.05) is 11.6 Å². The lowest BCUT2D eigenvalue weighted by atomic mass is 9.91. The molecule has 1 aromatic carbocycles. The van der Waals surface area contributed by atoms with Gasteiger partial charge in [-0.05, 0) is 50.1 Å². The van der Waals surface area contributed by atoms with Gasteiger partial charge in [-0.2, -0.15) is 0 Å². The van der Waals surface area contributed by atoms with E-state index in [0.717, 1.165) is 6.42 Å². The van der Waals surface area contributed by atoms with Gasteiger partial charge in [-0.3, -0.25) is 0 Å². The highest BCUT2D eigenvalue weighted by atomic mass is 32.2. The predicted octanol–water partition coefficient (Wildman–Crippen LogP) is 3.09. The van der Waals surface area contributed by atoms with Crippen LogP contribution in [-0.2, 0) is 0 Å². The van der Waals surface area contributed by atoms with Crippen LogP contribution in [0.4, 0.5) is 5.69 Å². The molecule has 0 aromatic heterocycles. The molecule has 0 radical (unpaired) electrons. The van der Waals surface area contributed by atoms with E-state index in [0.29, 0.717) is 12.1 Å². The molecule has 0 heterocycles. The number of rotatable bonds is 3. The smallest absolute Gasteiger partial charge is 0.0353 e. The third-order valence-corrected chi connectivity index (χ3v) is 3.88. The Hall–Kier alpha value is -0.670. The van der Waals surface area contributed by atoms with Gasteiger partial charge in [0.2, 0.25) is 0 Å². The van der Waals surface area contributed by atoms with Crippen LogP contribution in [0.5, 0.6) is 0 Å². The number of anilines is 1. The number of benzene rings is 1. The van der Waals surface area contributed by atoms with Gasteiger partial charge in [0.1, 0.15) is 0 Å². The summed E-state index contributed by atoms with van der Waals surface area (Å²) in [5.74, 6) is 0. The second kappa shape index (κ2) is 5.60. The van der Waals surface area contributed by atoms with Gasteiger partial charge < -0.3 is 11.1 Å². The number of hydrogen-bond donors (Lipinski definition) is 2. The van der Waals surface area contributed by atoms with Crippen molar-refractivity contribution < 1.29 is 0 Å². The molecule has 0 bridgehead atoms. The van der Waals surface area contributed by atoms with E-state index in [1.165, 1.54) is 29.8 Å². The molecule has 2 rings (SSSR count). The molecule has 16 heavy (non-hydrogen) atoms. The molecule has 3 N–H and O–H groups in total. The van der Waals surface area contributed by atoms with Crippen molar-refractivity contribution in [2.24, 2.45) is 5.73 Å². The number of nitrogens with one attached hydrogen (secondary N) is 1. The Morgan fingerprint density at radius 3 is 3.00 bits per heavy atom. The lowest BCUT2D eigenvalue weighted by Crippen LogP contribution is -2.34. The zero-order chi connectivity index (χ0) is 11.4. The Morgan fingerprint density at radius 2 is 2.25 bits per heavy atom. The van der Waals surface area contributed by atoms with E-state index in [-0.39, 0.29) is 0 Å². The Bertz CT molecular complexity index is 340. The lowest BCUT2D eigenvalue weighted by molar-refractivity contribution is 0.409. The Balaban J connectivity index is 1.97. The minimum Gasteiger partial charge on any atom is -0.382 e. The maximum Gasteiger partial charge on any atom is 0.0353 e. The zero-order valence-electron chi connectivity index (χ0n) is 9.78. The maximum absolute atomic E-state index is 5.99. The third kappa shape index (κ3) is 3.16. The first-order valence-electron chi connectivity index (χ1n) is 5.94. The van der Waals surface area contributed by atoms with Gasteiger partial charge in [0.15, 0.2) is 0 Å². The third-order valence-electron chi connectivity index (χ3n) is 3.16. The summed E-state index contributed by atoms with van der Waals surface area (Å²) in [7, 11) is 0. The van der Waals surface area contributed by atoms with Crippen LogP contribution >= 0.6 is 11.8 Å². The molecular weight excluding hydrogens is 216 g/mol. The average molecular weight is 236 g/mol. The Kier molecular flexibility index (Phi) is 4.13. The lowest BCUT2D eigenvalue weighted by Gasteiger charge is -2.28. The monoisotopic (exact) mass is 236 g/mol. The summed E-state index contributed by atoms with van der Waals surface area (Å²) in [6, 6.07) is 9.54. The van der Waals surface area contributed by atoms with Crippen molar-refractivity contribution >= 4 is 17.4 Å². The molecule has 1 aliphatic rings. The van der Waals surface area contributed by atoms with Gasteiger partial charge in [-0.25, -0.2) is 0 Å². The van der Waals surface area contributed by atoms with E-state index in [9.17, 15) is 0 Å². The van der Waals surface area contributed by atoms with Crippen molar-refractivity contribution in [1.82, 2.24) is 0 Å². The summed E-state index contributed by atoms with van der Waals surface area (Å²) in [6.45, 7) is 0. The standard InChI is InChI=1S/C13H20N2S/c1-16-13-7-3-6-12(9-13)15-11-5-2-4-10(14)8-11/h3,6-7,9-11,15H,2,4-5,8,14H2,1H3. The summed E-state index contributed by atoms with van der Waals surface area (Å²) in [5, 5.41) is 3.59. The van der Waals surface area contributed by atoms with Crippen molar-refractivity contribution in [1.29, 1.82) is 0 Å². The van der Waals surface area contributed by atoms with Gasteiger partial charge >= 0.3 is 0 Å². The van der Waals surface area contributed by atoms with E-state index in [1.54, 1.807) is 11.8 Å². The quantitative estimate of drug-likeness (QED) is 0.792. The molecule has 2 unspecified atom stereocenters. The number of thioether (sulfide) groups is 1. The highest BCUT2D eigenvalue weighted by molar-refractivity contribution is 7.98. The molecule has 0 aliphatic heterocycles. The molecule has 0 amide bonds. The molecule has 2 atom stereocenters. The van der Waals surface area contributed by atoms with Gasteiger partial charge in [0.05, 0.1) is 0 Å². The van der Waals surface area contributed by atoms with Crippen LogP contribution in [0.1, 0.15) is 25.7 Å². The fraction of sp³-hybridized carbons (Fsp3) is 0.538. The van der Waals surface area contributed by atoms with Crippen molar-refractivity contribution in [3.05, 3.63) is 24.3 Å². The van der Waals surface area contributed by atoms with E-state index in [1.807, 2.05) is 0 Å². The SMILES string of the molecule is CSc1cccc(NC2CCCC(N)C2)c1. The first kappa shape index (κ1) is 11.8. The molecule has 0 spiro atoms. The molecule has 1 fully saturated rings. The molecule has 1 aromatic rings. The molecule has 1 aliphatic carbocycles. The average Bonchev–Trinajstić information content (AvgIpc) is 2.29. The Labute approximate surface area is 102 Å². The van der Waals surface area contributed by atoms with Crippen molar-refractivity contribution in [2.45, 2.75) is 42.7 Å². The fourth-order valence-electron chi connectivity index (χ4n) is 2.31. The summed E-state index contributed by atoms with van der Waals surface area (Å²) in [6.07, 6.45) is 6.89. The fourth-order valence-corrected chi connectivity index (χ4v) is 2.77. The van der Waals surface area contributed by atoms with Gasteiger partial charge in [-0.15, -0.1) is 11.8 Å². The highest BCUT2D eigenvalue weighted by Crippen LogP contribution is 2.23. The van der Waals surface area contributed by atoms with E-state index in [2.05, 4.69) is 35.8 Å². The van der Waals surface area contributed by atoms with Crippen LogP contribution in [0, 0.1) is 0 Å². The van der Waals surface area contributed by atoms with Gasteiger partial charge in [0, 0.05) is 22.7 Å². The van der Waals surface area contributed by atoms with Crippen molar-refractivity contribution in [3.8, 4) is 0 Å². The maximum atomic E-state index is 5.99. The van der Waals surface area contributed by atoms with E-state index < -0.39 is 0 Å². The van der Waals surface area contributed by atoms with Gasteiger partial charge in [0.25, 0.3) is 0 Å². The number of nitrogens with two attached hydrogens (primary N) is 1. The molecular formula is C13H20N2S. The van der Waals surface area contributed by atoms with E-state index in [4.69, 9.17) is 5.73 Å². The van der Waals surface area contributed by atoms with Crippen LogP contribution in [0.25, 0.3) is 0 Å². The summed E-state index contributed by atoms with van der Waals surface area (Å²) >= 11 is 1.78. The van der Waals surface area contributed by atoms with Crippen LogP contribution in [0.3, 0.4) is 0 Å². The van der Waals surface area contributed by atoms with Crippen LogP contribution in [0.15, 0.2) is 29.2 Å². The van der Waals surface area contributed by atoms with Crippen LogP contribution in [-0.4, -0.2) is 18.3 Å². The summed E-state index contributed by atoms with van der Waals surface area (Å²) in [4.78, 5) is 1.31. The first-order valence-corrected chi connectivity index (χ1v) is 7.16. The molecule has 0 saturated heterocycles. The van der Waals surface area contributed by atoms with Crippen LogP contribution in [0.2, 0.25) is 0 Å². The summed E-state index contributed by atoms with van der Waals surface area (Å²) < 4.78 is 0. The summed E-state index contributed by atoms with van der Waals surface area (Å²) in [5.41, 5.74) is 7.22. The normalized spacial score (nSPS) is 25.4. The minimum atomic E-state index is 0.384. The minimum absolute atomic E-state index is 0.384. The molecule has 88 valence electrons. The topological polar surface area (TPSA) is 38.0 Å². The molecule has 1 saturated carbocycles. The first-order chi connectivity index (χ1) is 7.78. The molecule has 3 heteroatoms. The van der Waals surface area contributed by atoms with E-state index >= 15 is 0 Å². The van der Waals surface area contributed by atoms with Gasteiger partial charge in [-0.1, -0.05) is 6.07 Å². The Morgan fingerprint density at radius 1 is 1.38 bits per heavy atom. The predicted molar refractivity (Wildman–Crippen MR) is 72.1 cm³/mol. The van der Waals surface area contributed by atoms with Crippen LogP contribution < -0.4 is 11.1 Å².